The fourth-order valence-electron chi connectivity index (χ4n) is 8.39. The van der Waals surface area contributed by atoms with Crippen LogP contribution in [-0.2, 0) is 19.1 Å². The number of nitrogens with zero attached hydrogens (tertiary/aromatic N) is 1. The van der Waals surface area contributed by atoms with Crippen LogP contribution in [0.25, 0.3) is 0 Å². The Kier molecular flexibility index (Phi) is 18.0. The van der Waals surface area contributed by atoms with Gasteiger partial charge in [0.15, 0.2) is 0 Å². The first-order valence-electron chi connectivity index (χ1n) is 19.7. The van der Waals surface area contributed by atoms with Crippen LogP contribution in [0.2, 0.25) is 0 Å². The Morgan fingerprint density at radius 2 is 1.33 bits per heavy atom. The number of hydrogen-bond donors (Lipinski definition) is 0. The van der Waals surface area contributed by atoms with E-state index in [1.54, 1.807) is 0 Å². The Morgan fingerprint density at radius 1 is 0.800 bits per heavy atom. The number of ether oxygens (including phenoxy) is 2. The van der Waals surface area contributed by atoms with E-state index in [0.717, 1.165) is 58.2 Å². The molecule has 0 bridgehead atoms. The van der Waals surface area contributed by atoms with E-state index in [0.29, 0.717) is 6.10 Å². The summed E-state index contributed by atoms with van der Waals surface area (Å²) in [5, 5.41) is 2.05. The Labute approximate surface area is 280 Å². The standard InChI is InChI=1S/C40H77NO4/c1-10-14-15-16-17-18-19-20-21-22-23-24-25-26-27-28-34(5)43-32-39(13-4)29-30-40(44-33-39)31-37(8,11-2)41(45-36(7)42)38(9,12-3)35(40)6/h34-35H,10-33H2,1-9H3. The molecule has 45 heavy (non-hydrogen) atoms. The second-order valence-corrected chi connectivity index (χ2v) is 15.9. The van der Waals surface area contributed by atoms with Gasteiger partial charge in [0, 0.05) is 18.3 Å². The second-order valence-electron chi connectivity index (χ2n) is 15.9. The SMILES string of the molecule is CCCCCCCCCCCCCCCCCC(C)OCC1(CC)CCC2(CC(C)(CC)N(OC(C)=O)C(C)(CC)C2C)OC1. The van der Waals surface area contributed by atoms with Crippen LogP contribution < -0.4 is 0 Å². The molecule has 0 aromatic heterocycles. The maximum absolute atomic E-state index is 12.1. The summed E-state index contributed by atoms with van der Waals surface area (Å²) in [5.41, 5.74) is -0.649. The predicted octanol–water partition coefficient (Wildman–Crippen LogP) is 11.8. The zero-order chi connectivity index (χ0) is 33.4. The smallest absolute Gasteiger partial charge is 0.322 e. The minimum Gasteiger partial charge on any atom is -0.378 e. The van der Waals surface area contributed by atoms with Crippen LogP contribution in [0, 0.1) is 11.3 Å². The number of hydroxylamine groups is 2. The third-order valence-corrected chi connectivity index (χ3v) is 12.4. The van der Waals surface area contributed by atoms with Crippen molar-refractivity contribution < 1.29 is 19.1 Å². The normalized spacial score (nSPS) is 31.4. The molecule has 2 aliphatic heterocycles. The molecule has 2 aliphatic rings. The summed E-state index contributed by atoms with van der Waals surface area (Å²) in [6.07, 6.45) is 28.5. The van der Waals surface area contributed by atoms with Crippen molar-refractivity contribution in [2.45, 2.75) is 226 Å². The monoisotopic (exact) mass is 636 g/mol. The van der Waals surface area contributed by atoms with Gasteiger partial charge in [0.25, 0.3) is 0 Å². The number of rotatable bonds is 23. The molecule has 0 N–H and O–H groups in total. The third kappa shape index (κ3) is 11.8. The molecule has 2 fully saturated rings. The zero-order valence-electron chi connectivity index (χ0n) is 31.7. The van der Waals surface area contributed by atoms with E-state index in [1.807, 2.05) is 5.06 Å². The summed E-state index contributed by atoms with van der Waals surface area (Å²) in [5.74, 6) is 0.0106. The summed E-state index contributed by atoms with van der Waals surface area (Å²) < 4.78 is 13.6. The van der Waals surface area contributed by atoms with E-state index in [1.165, 1.54) is 103 Å². The molecular weight excluding hydrogens is 558 g/mol. The van der Waals surface area contributed by atoms with Crippen molar-refractivity contribution in [2.24, 2.45) is 11.3 Å². The summed E-state index contributed by atoms with van der Waals surface area (Å²) in [7, 11) is 0. The van der Waals surface area contributed by atoms with Crippen LogP contribution in [0.5, 0.6) is 0 Å². The molecule has 0 amide bonds. The number of unbranched alkanes of at least 4 members (excludes halogenated alkanes) is 14. The van der Waals surface area contributed by atoms with Crippen LogP contribution in [-0.4, -0.2) is 47.0 Å². The molecule has 266 valence electrons. The Hall–Kier alpha value is -0.650. The van der Waals surface area contributed by atoms with Crippen molar-refractivity contribution in [1.29, 1.82) is 0 Å². The lowest BCUT2D eigenvalue weighted by Crippen LogP contribution is -2.73. The highest BCUT2D eigenvalue weighted by Crippen LogP contribution is 2.56. The van der Waals surface area contributed by atoms with Crippen molar-refractivity contribution in [2.75, 3.05) is 13.2 Å². The maximum atomic E-state index is 12.1. The van der Waals surface area contributed by atoms with E-state index < -0.39 is 0 Å². The summed E-state index contributed by atoms with van der Waals surface area (Å²) in [6, 6.07) is 0. The first-order valence-corrected chi connectivity index (χ1v) is 19.7. The number of hydrogen-bond acceptors (Lipinski definition) is 5. The summed E-state index contributed by atoms with van der Waals surface area (Å²) in [4.78, 5) is 18.1. The molecule has 0 aliphatic carbocycles. The molecule has 0 saturated carbocycles. The average molecular weight is 636 g/mol. The number of carbonyl (C=O) groups is 1. The Morgan fingerprint density at radius 3 is 1.76 bits per heavy atom. The minimum atomic E-state index is -0.279. The van der Waals surface area contributed by atoms with E-state index >= 15 is 0 Å². The summed E-state index contributed by atoms with van der Waals surface area (Å²) in [6.45, 7) is 21.2. The fraction of sp³-hybridized carbons (Fsp3) is 0.975. The van der Waals surface area contributed by atoms with Crippen molar-refractivity contribution in [1.82, 2.24) is 5.06 Å². The third-order valence-electron chi connectivity index (χ3n) is 12.4. The quantitative estimate of drug-likeness (QED) is 0.105. The second kappa shape index (κ2) is 20.0. The number of carbonyl (C=O) groups excluding carboxylic acids is 1. The van der Waals surface area contributed by atoms with Gasteiger partial charge in [0.1, 0.15) is 0 Å². The molecule has 2 heterocycles. The highest BCUT2D eigenvalue weighted by molar-refractivity contribution is 5.65. The zero-order valence-corrected chi connectivity index (χ0v) is 31.7. The van der Waals surface area contributed by atoms with Gasteiger partial charge in [-0.25, -0.2) is 0 Å². The van der Waals surface area contributed by atoms with E-state index in [-0.39, 0.29) is 34.0 Å². The van der Waals surface area contributed by atoms with Gasteiger partial charge in [-0.3, -0.25) is 4.79 Å². The van der Waals surface area contributed by atoms with E-state index in [4.69, 9.17) is 14.3 Å². The predicted molar refractivity (Wildman–Crippen MR) is 190 cm³/mol. The van der Waals surface area contributed by atoms with Crippen molar-refractivity contribution in [3.8, 4) is 0 Å². The van der Waals surface area contributed by atoms with E-state index in [9.17, 15) is 4.79 Å². The van der Waals surface area contributed by atoms with Gasteiger partial charge in [0.05, 0.1) is 36.0 Å². The van der Waals surface area contributed by atoms with Gasteiger partial charge in [-0.1, -0.05) is 131 Å². The van der Waals surface area contributed by atoms with Crippen molar-refractivity contribution in [3.63, 3.8) is 0 Å². The topological polar surface area (TPSA) is 48.0 Å². The van der Waals surface area contributed by atoms with Gasteiger partial charge >= 0.3 is 5.97 Å². The number of piperidine rings is 1. The Balaban J connectivity index is 1.70. The highest BCUT2D eigenvalue weighted by Gasteiger charge is 2.63. The maximum Gasteiger partial charge on any atom is 0.322 e. The molecule has 0 aromatic carbocycles. The molecule has 5 nitrogen and oxygen atoms in total. The van der Waals surface area contributed by atoms with Gasteiger partial charge in [-0.15, -0.1) is 5.06 Å². The van der Waals surface area contributed by atoms with Gasteiger partial charge < -0.3 is 14.3 Å². The van der Waals surface area contributed by atoms with Crippen LogP contribution in [0.1, 0.15) is 204 Å². The largest absolute Gasteiger partial charge is 0.378 e. The van der Waals surface area contributed by atoms with E-state index in [2.05, 4.69) is 55.4 Å². The molecule has 5 heteroatoms. The minimum absolute atomic E-state index is 0.0898. The van der Waals surface area contributed by atoms with Crippen LogP contribution in [0.15, 0.2) is 0 Å². The first kappa shape index (κ1) is 40.5. The molecule has 6 unspecified atom stereocenters. The molecule has 2 saturated heterocycles. The summed E-state index contributed by atoms with van der Waals surface area (Å²) >= 11 is 0. The molecule has 0 aromatic rings. The molecule has 0 radical (unpaired) electrons. The molecule has 2 rings (SSSR count). The average Bonchev–Trinajstić information content (AvgIpc) is 3.04. The lowest BCUT2D eigenvalue weighted by atomic mass is 9.59. The highest BCUT2D eigenvalue weighted by atomic mass is 16.7. The van der Waals surface area contributed by atoms with Crippen LogP contribution in [0.4, 0.5) is 0 Å². The first-order chi connectivity index (χ1) is 21.5. The van der Waals surface area contributed by atoms with Gasteiger partial charge in [0.2, 0.25) is 0 Å². The van der Waals surface area contributed by atoms with Crippen LogP contribution in [0.3, 0.4) is 0 Å². The Bertz CT molecular complexity index is 808. The van der Waals surface area contributed by atoms with Gasteiger partial charge in [-0.2, -0.15) is 0 Å². The molecular formula is C40H77NO4. The molecule has 6 atom stereocenters. The van der Waals surface area contributed by atoms with Crippen molar-refractivity contribution in [3.05, 3.63) is 0 Å². The lowest BCUT2D eigenvalue weighted by molar-refractivity contribution is -0.331. The van der Waals surface area contributed by atoms with Gasteiger partial charge in [-0.05, 0) is 65.7 Å². The fourth-order valence-corrected chi connectivity index (χ4v) is 8.39. The lowest BCUT2D eigenvalue weighted by Gasteiger charge is -2.64. The van der Waals surface area contributed by atoms with Crippen molar-refractivity contribution >= 4 is 5.97 Å². The van der Waals surface area contributed by atoms with Crippen LogP contribution >= 0.6 is 0 Å². The molecule has 1 spiro atoms.